The van der Waals surface area contributed by atoms with Crippen LogP contribution in [-0.2, 0) is 5.60 Å². The molecule has 0 saturated heterocycles. The fourth-order valence-electron chi connectivity index (χ4n) is 2.75. The number of benzene rings is 2. The van der Waals surface area contributed by atoms with Gasteiger partial charge in [-0.25, -0.2) is 0 Å². The molecule has 138 valence electrons. The van der Waals surface area contributed by atoms with E-state index < -0.39 is 11.5 Å². The summed E-state index contributed by atoms with van der Waals surface area (Å²) in [6, 6.07) is 10.3. The number of aliphatic hydroxyl groups is 1. The van der Waals surface area contributed by atoms with E-state index in [1.54, 1.807) is 43.3 Å². The first-order chi connectivity index (χ1) is 12.5. The Kier molecular flexibility index (Phi) is 4.90. The van der Waals surface area contributed by atoms with Crippen LogP contribution in [0.15, 0.2) is 36.4 Å². The van der Waals surface area contributed by atoms with Crippen molar-refractivity contribution in [3.63, 3.8) is 0 Å². The highest BCUT2D eigenvalue weighted by atomic mass is 16.7. The van der Waals surface area contributed by atoms with Crippen molar-refractivity contribution >= 4 is 5.91 Å². The number of carbonyl (C=O) groups excluding carboxylic acids is 1. The Morgan fingerprint density at radius 3 is 2.46 bits per heavy atom. The van der Waals surface area contributed by atoms with E-state index in [9.17, 15) is 9.90 Å². The predicted octanol–water partition coefficient (Wildman–Crippen LogP) is 2.07. The van der Waals surface area contributed by atoms with E-state index in [1.165, 1.54) is 14.2 Å². The molecule has 1 aliphatic rings. The molecule has 0 radical (unpaired) electrons. The zero-order valence-electron chi connectivity index (χ0n) is 14.9. The molecule has 0 fully saturated rings. The number of ether oxygens (including phenoxy) is 4. The van der Waals surface area contributed by atoms with Crippen molar-refractivity contribution in [1.29, 1.82) is 0 Å². The summed E-state index contributed by atoms with van der Waals surface area (Å²) < 4.78 is 21.1. The van der Waals surface area contributed by atoms with Gasteiger partial charge in [0.25, 0.3) is 5.91 Å². The number of rotatable bonds is 6. The summed E-state index contributed by atoms with van der Waals surface area (Å²) in [5.41, 5.74) is -0.417. The Morgan fingerprint density at radius 2 is 1.81 bits per heavy atom. The lowest BCUT2D eigenvalue weighted by atomic mass is 9.95. The third kappa shape index (κ3) is 3.39. The first kappa shape index (κ1) is 17.9. The molecule has 26 heavy (non-hydrogen) atoms. The quantitative estimate of drug-likeness (QED) is 0.821. The highest BCUT2D eigenvalue weighted by molar-refractivity contribution is 5.99. The van der Waals surface area contributed by atoms with Gasteiger partial charge < -0.3 is 29.4 Å². The summed E-state index contributed by atoms with van der Waals surface area (Å²) in [6.07, 6.45) is 0. The molecule has 0 aromatic heterocycles. The van der Waals surface area contributed by atoms with Crippen LogP contribution in [0.4, 0.5) is 0 Å². The van der Waals surface area contributed by atoms with Crippen LogP contribution in [0, 0.1) is 0 Å². The minimum absolute atomic E-state index is 0.00726. The Labute approximate surface area is 151 Å². The molecule has 2 aromatic carbocycles. The molecule has 1 aliphatic heterocycles. The fourth-order valence-corrected chi connectivity index (χ4v) is 2.75. The minimum Gasteiger partial charge on any atom is -0.496 e. The lowest BCUT2D eigenvalue weighted by Gasteiger charge is -2.25. The van der Waals surface area contributed by atoms with Crippen LogP contribution in [-0.4, -0.2) is 38.6 Å². The number of carbonyl (C=O) groups is 1. The Bertz CT molecular complexity index is 795. The van der Waals surface area contributed by atoms with Crippen molar-refractivity contribution in [2.24, 2.45) is 0 Å². The molecule has 0 bridgehead atoms. The van der Waals surface area contributed by atoms with Crippen molar-refractivity contribution < 1.29 is 28.8 Å². The highest BCUT2D eigenvalue weighted by Gasteiger charge is 2.28. The molecule has 2 N–H and O–H groups in total. The number of methoxy groups -OCH3 is 2. The van der Waals surface area contributed by atoms with Crippen molar-refractivity contribution in [2.75, 3.05) is 27.6 Å². The van der Waals surface area contributed by atoms with E-state index in [-0.39, 0.29) is 18.9 Å². The molecule has 7 heteroatoms. The van der Waals surface area contributed by atoms with Gasteiger partial charge >= 0.3 is 0 Å². The maximum Gasteiger partial charge on any atom is 0.258 e. The standard InChI is InChI=1S/C19H21NO6/c1-19(22,12-7-8-13-16(9-12)26-11-25-13)10-20-18(21)17-14(23-2)5-4-6-15(17)24-3/h4-9,22H,10-11H2,1-3H3,(H,20,21). The first-order valence-corrected chi connectivity index (χ1v) is 8.08. The zero-order chi connectivity index (χ0) is 18.7. The third-order valence-electron chi connectivity index (χ3n) is 4.24. The van der Waals surface area contributed by atoms with Gasteiger partial charge in [-0.15, -0.1) is 0 Å². The maximum absolute atomic E-state index is 12.6. The van der Waals surface area contributed by atoms with Gasteiger partial charge in [-0.05, 0) is 36.8 Å². The minimum atomic E-state index is -1.30. The zero-order valence-corrected chi connectivity index (χ0v) is 14.9. The average Bonchev–Trinajstić information content (AvgIpc) is 3.13. The topological polar surface area (TPSA) is 86.3 Å². The Balaban J connectivity index is 1.77. The van der Waals surface area contributed by atoms with Gasteiger partial charge in [0.05, 0.1) is 20.8 Å². The van der Waals surface area contributed by atoms with Gasteiger partial charge in [0, 0.05) is 0 Å². The van der Waals surface area contributed by atoms with Crippen molar-refractivity contribution in [3.05, 3.63) is 47.5 Å². The molecule has 3 rings (SSSR count). The van der Waals surface area contributed by atoms with Crippen molar-refractivity contribution in [3.8, 4) is 23.0 Å². The van der Waals surface area contributed by atoms with Crippen molar-refractivity contribution in [2.45, 2.75) is 12.5 Å². The van der Waals surface area contributed by atoms with Gasteiger partial charge in [0.1, 0.15) is 22.7 Å². The molecular weight excluding hydrogens is 338 g/mol. The third-order valence-corrected chi connectivity index (χ3v) is 4.24. The second kappa shape index (κ2) is 7.13. The molecule has 1 atom stereocenters. The number of nitrogens with one attached hydrogen (secondary N) is 1. The molecular formula is C19H21NO6. The van der Waals surface area contributed by atoms with E-state index in [1.807, 2.05) is 0 Å². The lowest BCUT2D eigenvalue weighted by Crippen LogP contribution is -2.38. The first-order valence-electron chi connectivity index (χ1n) is 8.08. The van der Waals surface area contributed by atoms with E-state index >= 15 is 0 Å². The number of fused-ring (bicyclic) bond motifs is 1. The van der Waals surface area contributed by atoms with Crippen LogP contribution in [0.3, 0.4) is 0 Å². The van der Waals surface area contributed by atoms with Gasteiger partial charge in [-0.2, -0.15) is 0 Å². The largest absolute Gasteiger partial charge is 0.496 e. The summed E-state index contributed by atoms with van der Waals surface area (Å²) in [5, 5.41) is 13.5. The molecule has 1 heterocycles. The van der Waals surface area contributed by atoms with Crippen LogP contribution < -0.4 is 24.3 Å². The molecule has 1 amide bonds. The Morgan fingerprint density at radius 1 is 1.15 bits per heavy atom. The molecule has 0 spiro atoms. The summed E-state index contributed by atoms with van der Waals surface area (Å²) >= 11 is 0. The van der Waals surface area contributed by atoms with Crippen LogP contribution in [0.25, 0.3) is 0 Å². The summed E-state index contributed by atoms with van der Waals surface area (Å²) in [4.78, 5) is 12.6. The predicted molar refractivity (Wildman–Crippen MR) is 94.0 cm³/mol. The van der Waals surface area contributed by atoms with Gasteiger partial charge in [0.15, 0.2) is 11.5 Å². The second-order valence-electron chi connectivity index (χ2n) is 6.06. The van der Waals surface area contributed by atoms with Gasteiger partial charge in [-0.3, -0.25) is 4.79 Å². The van der Waals surface area contributed by atoms with Crippen LogP contribution >= 0.6 is 0 Å². The van der Waals surface area contributed by atoms with Gasteiger partial charge in [0.2, 0.25) is 6.79 Å². The molecule has 0 aliphatic carbocycles. The maximum atomic E-state index is 12.6. The van der Waals surface area contributed by atoms with Gasteiger partial charge in [-0.1, -0.05) is 12.1 Å². The summed E-state index contributed by atoms with van der Waals surface area (Å²) in [6.45, 7) is 1.77. The smallest absolute Gasteiger partial charge is 0.258 e. The summed E-state index contributed by atoms with van der Waals surface area (Å²) in [7, 11) is 2.96. The van der Waals surface area contributed by atoms with Crippen LogP contribution in [0.2, 0.25) is 0 Å². The SMILES string of the molecule is COc1cccc(OC)c1C(=O)NCC(C)(O)c1ccc2c(c1)OCO2. The van der Waals surface area contributed by atoms with E-state index in [4.69, 9.17) is 18.9 Å². The van der Waals surface area contributed by atoms with Crippen LogP contribution in [0.5, 0.6) is 23.0 Å². The monoisotopic (exact) mass is 359 g/mol. The molecule has 7 nitrogen and oxygen atoms in total. The Hall–Kier alpha value is -2.93. The number of amides is 1. The van der Waals surface area contributed by atoms with E-state index in [0.29, 0.717) is 28.6 Å². The average molecular weight is 359 g/mol. The lowest BCUT2D eigenvalue weighted by molar-refractivity contribution is 0.0523. The number of hydrogen-bond donors (Lipinski definition) is 2. The fraction of sp³-hybridized carbons (Fsp3) is 0.316. The van der Waals surface area contributed by atoms with Crippen LogP contribution in [0.1, 0.15) is 22.8 Å². The van der Waals surface area contributed by atoms with E-state index in [2.05, 4.69) is 5.32 Å². The molecule has 1 unspecified atom stereocenters. The normalized spacial score (nSPS) is 14.5. The van der Waals surface area contributed by atoms with E-state index in [0.717, 1.165) is 0 Å². The van der Waals surface area contributed by atoms with Crippen molar-refractivity contribution in [1.82, 2.24) is 5.32 Å². The molecule has 2 aromatic rings. The highest BCUT2D eigenvalue weighted by Crippen LogP contribution is 2.35. The summed E-state index contributed by atoms with van der Waals surface area (Å²) in [5.74, 6) is 1.59. The second-order valence-corrected chi connectivity index (χ2v) is 6.06. The number of hydrogen-bond acceptors (Lipinski definition) is 6. The molecule has 0 saturated carbocycles.